The van der Waals surface area contributed by atoms with E-state index in [1.54, 1.807) is 0 Å². The normalized spacial score (nSPS) is 16.8. The summed E-state index contributed by atoms with van der Waals surface area (Å²) in [6.07, 6.45) is 4.25. The zero-order valence-corrected chi connectivity index (χ0v) is 20.8. The van der Waals surface area contributed by atoms with Gasteiger partial charge in [0, 0.05) is 38.4 Å². The number of anilines is 1. The fourth-order valence-electron chi connectivity index (χ4n) is 4.91. The standard InChI is InChI=1S/C25H31N5O.C2H2O4/c31-25(29-16-14-28(15-17-29)22-6-2-1-3-7-22)19-27-12-10-21(11-13-27)18-30-20-26-23-8-4-5-9-24(23)30;3-1(4)2(5)6/h1-9,20-21H,10-19H2;(H,3,4)(H,5,6). The lowest BCUT2D eigenvalue weighted by Gasteiger charge is -2.38. The van der Waals surface area contributed by atoms with Crippen molar-refractivity contribution in [3.63, 3.8) is 0 Å². The van der Waals surface area contributed by atoms with Crippen molar-refractivity contribution in [2.45, 2.75) is 19.4 Å². The average molecular weight is 508 g/mol. The van der Waals surface area contributed by atoms with Crippen LogP contribution in [0, 0.1) is 5.92 Å². The van der Waals surface area contributed by atoms with Crippen molar-refractivity contribution in [1.29, 1.82) is 0 Å². The molecule has 2 fully saturated rings. The quantitative estimate of drug-likeness (QED) is 0.505. The van der Waals surface area contributed by atoms with Crippen LogP contribution >= 0.6 is 0 Å². The predicted molar refractivity (Wildman–Crippen MR) is 139 cm³/mol. The summed E-state index contributed by atoms with van der Waals surface area (Å²) < 4.78 is 2.28. The first kappa shape index (κ1) is 26.2. The highest BCUT2D eigenvalue weighted by Crippen LogP contribution is 2.22. The number of rotatable bonds is 5. The van der Waals surface area contributed by atoms with Crippen molar-refractivity contribution in [1.82, 2.24) is 19.4 Å². The van der Waals surface area contributed by atoms with Gasteiger partial charge in [0.15, 0.2) is 0 Å². The van der Waals surface area contributed by atoms with Gasteiger partial charge in [0.05, 0.1) is 23.9 Å². The molecule has 37 heavy (non-hydrogen) atoms. The number of piperazine rings is 1. The van der Waals surface area contributed by atoms with E-state index in [1.165, 1.54) is 11.2 Å². The smallest absolute Gasteiger partial charge is 0.414 e. The maximum atomic E-state index is 12.8. The number of fused-ring (bicyclic) bond motifs is 1. The highest BCUT2D eigenvalue weighted by molar-refractivity contribution is 6.27. The Labute approximate surface area is 215 Å². The summed E-state index contributed by atoms with van der Waals surface area (Å²) in [6.45, 7) is 7.05. The number of nitrogens with zero attached hydrogens (tertiary/aromatic N) is 5. The van der Waals surface area contributed by atoms with Crippen LogP contribution in [0.25, 0.3) is 11.0 Å². The van der Waals surface area contributed by atoms with Crippen molar-refractivity contribution < 1.29 is 24.6 Å². The summed E-state index contributed by atoms with van der Waals surface area (Å²) >= 11 is 0. The van der Waals surface area contributed by atoms with Crippen molar-refractivity contribution >= 4 is 34.6 Å². The molecular formula is C27H33N5O5. The van der Waals surface area contributed by atoms with Crippen LogP contribution in [0.2, 0.25) is 0 Å². The molecule has 2 aliphatic rings. The van der Waals surface area contributed by atoms with Crippen molar-refractivity contribution in [2.75, 3.05) is 50.7 Å². The lowest BCUT2D eigenvalue weighted by atomic mass is 9.96. The number of para-hydroxylation sites is 3. The number of amides is 1. The number of benzene rings is 2. The largest absolute Gasteiger partial charge is 0.473 e. The zero-order chi connectivity index (χ0) is 26.2. The Morgan fingerprint density at radius 2 is 1.43 bits per heavy atom. The highest BCUT2D eigenvalue weighted by Gasteiger charge is 2.26. The third-order valence-corrected chi connectivity index (χ3v) is 6.98. The molecule has 2 aliphatic heterocycles. The zero-order valence-electron chi connectivity index (χ0n) is 20.8. The van der Waals surface area contributed by atoms with Gasteiger partial charge in [0.1, 0.15) is 0 Å². The van der Waals surface area contributed by atoms with E-state index in [0.29, 0.717) is 12.5 Å². The number of carboxylic acid groups (broad SMARTS) is 2. The van der Waals surface area contributed by atoms with Crippen LogP contribution in [-0.2, 0) is 20.9 Å². The molecule has 2 N–H and O–H groups in total. The van der Waals surface area contributed by atoms with Gasteiger partial charge >= 0.3 is 11.9 Å². The number of carbonyl (C=O) groups excluding carboxylic acids is 1. The number of hydrogen-bond donors (Lipinski definition) is 2. The molecule has 196 valence electrons. The third-order valence-electron chi connectivity index (χ3n) is 6.98. The Balaban J connectivity index is 0.000000480. The lowest BCUT2D eigenvalue weighted by Crippen LogP contribution is -2.52. The Morgan fingerprint density at radius 3 is 2.08 bits per heavy atom. The van der Waals surface area contributed by atoms with E-state index in [9.17, 15) is 4.79 Å². The van der Waals surface area contributed by atoms with Gasteiger partial charge in [-0.15, -0.1) is 0 Å². The van der Waals surface area contributed by atoms with Crippen LogP contribution in [0.3, 0.4) is 0 Å². The van der Waals surface area contributed by atoms with Crippen molar-refractivity contribution in [3.05, 3.63) is 60.9 Å². The fourth-order valence-corrected chi connectivity index (χ4v) is 4.91. The second kappa shape index (κ2) is 12.4. The second-order valence-electron chi connectivity index (χ2n) is 9.42. The highest BCUT2D eigenvalue weighted by atomic mass is 16.4. The van der Waals surface area contributed by atoms with E-state index in [-0.39, 0.29) is 5.91 Å². The predicted octanol–water partition coefficient (Wildman–Crippen LogP) is 2.25. The van der Waals surface area contributed by atoms with Gasteiger partial charge in [-0.2, -0.15) is 0 Å². The summed E-state index contributed by atoms with van der Waals surface area (Å²) in [6, 6.07) is 18.8. The maximum absolute atomic E-state index is 12.8. The van der Waals surface area contributed by atoms with Gasteiger partial charge < -0.3 is 24.6 Å². The summed E-state index contributed by atoms with van der Waals surface area (Å²) in [7, 11) is 0. The number of hydrogen-bond acceptors (Lipinski definition) is 6. The van der Waals surface area contributed by atoms with E-state index in [4.69, 9.17) is 19.8 Å². The van der Waals surface area contributed by atoms with Crippen molar-refractivity contribution in [2.24, 2.45) is 5.92 Å². The molecule has 2 aromatic carbocycles. The number of piperidine rings is 1. The monoisotopic (exact) mass is 507 g/mol. The lowest BCUT2D eigenvalue weighted by molar-refractivity contribution is -0.159. The second-order valence-corrected chi connectivity index (χ2v) is 9.42. The first-order valence-electron chi connectivity index (χ1n) is 12.6. The molecule has 1 aromatic heterocycles. The molecular weight excluding hydrogens is 474 g/mol. The van der Waals surface area contributed by atoms with E-state index in [2.05, 4.69) is 61.8 Å². The molecule has 0 bridgehead atoms. The third kappa shape index (κ3) is 7.07. The summed E-state index contributed by atoms with van der Waals surface area (Å²) in [5, 5.41) is 14.8. The van der Waals surface area contributed by atoms with E-state index in [1.807, 2.05) is 23.4 Å². The van der Waals surface area contributed by atoms with Crippen LogP contribution in [0.15, 0.2) is 60.9 Å². The molecule has 2 saturated heterocycles. The van der Waals surface area contributed by atoms with E-state index >= 15 is 0 Å². The maximum Gasteiger partial charge on any atom is 0.414 e. The first-order valence-corrected chi connectivity index (χ1v) is 12.6. The number of aromatic nitrogens is 2. The molecule has 0 unspecified atom stereocenters. The van der Waals surface area contributed by atoms with E-state index < -0.39 is 11.9 Å². The Hall–Kier alpha value is -3.92. The van der Waals surface area contributed by atoms with E-state index in [0.717, 1.165) is 64.2 Å². The van der Waals surface area contributed by atoms with Gasteiger partial charge in [0.25, 0.3) is 0 Å². The molecule has 10 nitrogen and oxygen atoms in total. The molecule has 3 aromatic rings. The molecule has 3 heterocycles. The molecule has 5 rings (SSSR count). The number of aliphatic carboxylic acids is 2. The van der Waals surface area contributed by atoms with Gasteiger partial charge in [0.2, 0.25) is 5.91 Å². The average Bonchev–Trinajstić information content (AvgIpc) is 3.33. The number of carbonyl (C=O) groups is 3. The van der Waals surface area contributed by atoms with Gasteiger partial charge in [-0.1, -0.05) is 30.3 Å². The summed E-state index contributed by atoms with van der Waals surface area (Å²) in [4.78, 5) is 42.3. The number of likely N-dealkylation sites (tertiary alicyclic amines) is 1. The topological polar surface area (TPSA) is 119 Å². The molecule has 0 saturated carbocycles. The van der Waals surface area contributed by atoms with Crippen LogP contribution in [-0.4, -0.2) is 93.2 Å². The van der Waals surface area contributed by atoms with Gasteiger partial charge in [-0.05, 0) is 56.1 Å². The van der Waals surface area contributed by atoms with Crippen LogP contribution in [0.1, 0.15) is 12.8 Å². The Kier molecular flexibility index (Phi) is 8.73. The number of carboxylic acids is 2. The molecule has 0 spiro atoms. The molecule has 0 atom stereocenters. The summed E-state index contributed by atoms with van der Waals surface area (Å²) in [5.41, 5.74) is 3.54. The Morgan fingerprint density at radius 1 is 0.811 bits per heavy atom. The fraction of sp³-hybridized carbons (Fsp3) is 0.407. The molecule has 10 heteroatoms. The Bertz CT molecular complexity index is 1190. The van der Waals surface area contributed by atoms with Gasteiger partial charge in [-0.25, -0.2) is 14.6 Å². The van der Waals surface area contributed by atoms with Crippen molar-refractivity contribution in [3.8, 4) is 0 Å². The minimum absolute atomic E-state index is 0.284. The number of imidazole rings is 1. The first-order chi connectivity index (χ1) is 17.9. The van der Waals surface area contributed by atoms with Crippen LogP contribution < -0.4 is 4.90 Å². The molecule has 0 aliphatic carbocycles. The molecule has 0 radical (unpaired) electrons. The van der Waals surface area contributed by atoms with Crippen LogP contribution in [0.5, 0.6) is 0 Å². The van der Waals surface area contributed by atoms with Crippen LogP contribution in [0.4, 0.5) is 5.69 Å². The SMILES string of the molecule is O=C(CN1CCC(Cn2cnc3ccccc32)CC1)N1CCN(c2ccccc2)CC1.O=C(O)C(=O)O. The molecule has 1 amide bonds. The minimum atomic E-state index is -1.82. The summed E-state index contributed by atoms with van der Waals surface area (Å²) in [5.74, 6) is -2.71. The van der Waals surface area contributed by atoms with Gasteiger partial charge in [-0.3, -0.25) is 9.69 Å². The minimum Gasteiger partial charge on any atom is -0.473 e.